The summed E-state index contributed by atoms with van der Waals surface area (Å²) in [6, 6.07) is 21.3. The minimum Gasteiger partial charge on any atom is -0.318 e. The molecule has 5 rings (SSSR count). The molecule has 0 saturated carbocycles. The zero-order valence-corrected chi connectivity index (χ0v) is 21.1. The van der Waals surface area contributed by atoms with Crippen LogP contribution in [0.4, 0.5) is 5.69 Å². The normalized spacial score (nSPS) is 15.3. The van der Waals surface area contributed by atoms with Crippen LogP contribution in [0.2, 0.25) is 10.0 Å². The number of fused-ring (bicyclic) bond motifs is 1. The molecule has 1 aromatic heterocycles. The molecule has 0 unspecified atom stereocenters. The highest BCUT2D eigenvalue weighted by Crippen LogP contribution is 2.35. The number of benzene rings is 3. The molecule has 1 saturated heterocycles. The van der Waals surface area contributed by atoms with Crippen LogP contribution in [0.25, 0.3) is 22.5 Å². The molecule has 0 aliphatic carbocycles. The Bertz CT molecular complexity index is 1590. The SMILES string of the molecule is Cc1cc(/C=C2\C(=O)NC(=S)N(c3cccc(Cl)c3Cl)C2=O)c(C)n1-c1ccc2ccccc2c1. The van der Waals surface area contributed by atoms with Crippen LogP contribution in [-0.2, 0) is 9.59 Å². The maximum Gasteiger partial charge on any atom is 0.270 e. The minimum atomic E-state index is -0.571. The molecule has 8 heteroatoms. The van der Waals surface area contributed by atoms with Crippen molar-refractivity contribution in [1.29, 1.82) is 0 Å². The van der Waals surface area contributed by atoms with E-state index in [2.05, 4.69) is 40.2 Å². The van der Waals surface area contributed by atoms with Crippen molar-refractivity contribution in [2.45, 2.75) is 13.8 Å². The maximum atomic E-state index is 13.4. The molecule has 2 amide bonds. The van der Waals surface area contributed by atoms with E-state index >= 15 is 0 Å². The predicted molar refractivity (Wildman–Crippen MR) is 145 cm³/mol. The van der Waals surface area contributed by atoms with E-state index in [0.29, 0.717) is 5.69 Å². The lowest BCUT2D eigenvalue weighted by Gasteiger charge is -2.29. The van der Waals surface area contributed by atoms with Gasteiger partial charge < -0.3 is 4.57 Å². The van der Waals surface area contributed by atoms with Crippen molar-refractivity contribution in [1.82, 2.24) is 9.88 Å². The van der Waals surface area contributed by atoms with E-state index in [1.807, 2.05) is 32.0 Å². The highest BCUT2D eigenvalue weighted by Gasteiger charge is 2.36. The quantitative estimate of drug-likeness (QED) is 0.194. The fourth-order valence-electron chi connectivity index (χ4n) is 4.34. The van der Waals surface area contributed by atoms with E-state index in [-0.39, 0.29) is 20.7 Å². The summed E-state index contributed by atoms with van der Waals surface area (Å²) in [7, 11) is 0. The summed E-state index contributed by atoms with van der Waals surface area (Å²) in [6.45, 7) is 3.94. The Morgan fingerprint density at radius 3 is 2.43 bits per heavy atom. The molecule has 0 atom stereocenters. The van der Waals surface area contributed by atoms with E-state index < -0.39 is 11.8 Å². The number of carbonyl (C=O) groups excluding carboxylic acids is 2. The van der Waals surface area contributed by atoms with Crippen molar-refractivity contribution in [3.8, 4) is 5.69 Å². The monoisotopic (exact) mass is 519 g/mol. The van der Waals surface area contributed by atoms with E-state index in [1.54, 1.807) is 24.3 Å². The standard InChI is InChI=1S/C27H19Cl2N3O2S/c1-15-12-19(16(2)31(15)20-11-10-17-6-3-4-7-18(17)13-20)14-21-25(33)30-27(35)32(26(21)34)23-9-5-8-22(28)24(23)29/h3-14H,1-2H3,(H,30,33,35)/b21-14+. The van der Waals surface area contributed by atoms with Crippen molar-refractivity contribution in [2.75, 3.05) is 4.90 Å². The van der Waals surface area contributed by atoms with Crippen LogP contribution in [0, 0.1) is 13.8 Å². The number of hydrogen-bond acceptors (Lipinski definition) is 3. The first-order valence-corrected chi connectivity index (χ1v) is 12.0. The molecule has 1 fully saturated rings. The molecule has 4 aromatic rings. The van der Waals surface area contributed by atoms with Gasteiger partial charge in [-0.3, -0.25) is 19.8 Å². The summed E-state index contributed by atoms with van der Waals surface area (Å²) in [6.07, 6.45) is 1.59. The zero-order chi connectivity index (χ0) is 24.9. The third-order valence-electron chi connectivity index (χ3n) is 6.04. The van der Waals surface area contributed by atoms with Crippen molar-refractivity contribution >= 4 is 74.9 Å². The minimum absolute atomic E-state index is 0.0478. The van der Waals surface area contributed by atoms with Gasteiger partial charge in [0.25, 0.3) is 11.8 Å². The molecule has 3 aromatic carbocycles. The smallest absolute Gasteiger partial charge is 0.270 e. The second kappa shape index (κ2) is 8.96. The van der Waals surface area contributed by atoms with Gasteiger partial charge >= 0.3 is 0 Å². The van der Waals surface area contributed by atoms with E-state index in [0.717, 1.165) is 33.4 Å². The number of carbonyl (C=O) groups is 2. The van der Waals surface area contributed by atoms with Gasteiger partial charge in [0, 0.05) is 17.1 Å². The number of amides is 2. The molecule has 0 radical (unpaired) electrons. The Morgan fingerprint density at radius 1 is 0.914 bits per heavy atom. The first-order valence-electron chi connectivity index (χ1n) is 10.8. The summed E-state index contributed by atoms with van der Waals surface area (Å²) in [5.74, 6) is -1.14. The van der Waals surface area contributed by atoms with E-state index in [4.69, 9.17) is 35.4 Å². The average Bonchev–Trinajstić information content (AvgIpc) is 3.11. The number of thiocarbonyl (C=S) groups is 1. The zero-order valence-electron chi connectivity index (χ0n) is 18.8. The van der Waals surface area contributed by atoms with Crippen molar-refractivity contribution in [2.24, 2.45) is 0 Å². The number of nitrogens with one attached hydrogen (secondary N) is 1. The van der Waals surface area contributed by atoms with Crippen LogP contribution in [0.1, 0.15) is 17.0 Å². The second-order valence-corrected chi connectivity index (χ2v) is 9.40. The van der Waals surface area contributed by atoms with Gasteiger partial charge in [0.05, 0.1) is 15.7 Å². The second-order valence-electron chi connectivity index (χ2n) is 8.22. The van der Waals surface area contributed by atoms with Crippen molar-refractivity contribution < 1.29 is 9.59 Å². The Hall–Kier alpha value is -3.45. The number of hydrogen-bond donors (Lipinski definition) is 1. The molecule has 1 aliphatic heterocycles. The van der Waals surface area contributed by atoms with Gasteiger partial charge in [-0.25, -0.2) is 0 Å². The van der Waals surface area contributed by atoms with Gasteiger partial charge in [0.1, 0.15) is 5.57 Å². The molecule has 1 aliphatic rings. The molecule has 174 valence electrons. The van der Waals surface area contributed by atoms with Crippen molar-refractivity contribution in [3.63, 3.8) is 0 Å². The highest BCUT2D eigenvalue weighted by molar-refractivity contribution is 7.80. The summed E-state index contributed by atoms with van der Waals surface area (Å²) in [5, 5.41) is 5.27. The number of aromatic nitrogens is 1. The van der Waals surface area contributed by atoms with Gasteiger partial charge in [0.15, 0.2) is 5.11 Å². The van der Waals surface area contributed by atoms with Gasteiger partial charge in [0.2, 0.25) is 0 Å². The third-order valence-corrected chi connectivity index (χ3v) is 7.13. The van der Waals surface area contributed by atoms with Crippen molar-refractivity contribution in [3.05, 3.63) is 99.3 Å². The van der Waals surface area contributed by atoms with Crippen LogP contribution in [0.3, 0.4) is 0 Å². The molecule has 35 heavy (non-hydrogen) atoms. The predicted octanol–water partition coefficient (Wildman–Crippen LogP) is 6.39. The lowest BCUT2D eigenvalue weighted by Crippen LogP contribution is -2.54. The van der Waals surface area contributed by atoms with Crippen LogP contribution in [-0.4, -0.2) is 21.5 Å². The third kappa shape index (κ3) is 4.04. The number of anilines is 1. The van der Waals surface area contributed by atoms with Crippen LogP contribution in [0.15, 0.2) is 72.3 Å². The van der Waals surface area contributed by atoms with Gasteiger partial charge in [-0.2, -0.15) is 0 Å². The summed E-state index contributed by atoms with van der Waals surface area (Å²) in [5.41, 5.74) is 3.87. The first-order chi connectivity index (χ1) is 16.8. The van der Waals surface area contributed by atoms with E-state index in [9.17, 15) is 9.59 Å². The van der Waals surface area contributed by atoms with E-state index in [1.165, 1.54) is 4.90 Å². The molecule has 1 N–H and O–H groups in total. The van der Waals surface area contributed by atoms with Crippen LogP contribution >= 0.6 is 35.4 Å². The van der Waals surface area contributed by atoms with Crippen LogP contribution < -0.4 is 10.2 Å². The fraction of sp³-hybridized carbons (Fsp3) is 0.0741. The lowest BCUT2D eigenvalue weighted by molar-refractivity contribution is -0.122. The molecular weight excluding hydrogens is 501 g/mol. The molecule has 0 spiro atoms. The van der Waals surface area contributed by atoms with Gasteiger partial charge in [-0.05, 0) is 78.8 Å². The first kappa shape index (κ1) is 23.3. The lowest BCUT2D eigenvalue weighted by atomic mass is 10.1. The number of halogens is 2. The number of nitrogens with zero attached hydrogens (tertiary/aromatic N) is 2. The topological polar surface area (TPSA) is 54.3 Å². The Balaban J connectivity index is 1.58. The van der Waals surface area contributed by atoms with Crippen LogP contribution in [0.5, 0.6) is 0 Å². The van der Waals surface area contributed by atoms with Gasteiger partial charge in [-0.15, -0.1) is 0 Å². The largest absolute Gasteiger partial charge is 0.318 e. The maximum absolute atomic E-state index is 13.4. The Labute approximate surface area is 217 Å². The molecule has 2 heterocycles. The van der Waals surface area contributed by atoms with Gasteiger partial charge in [-0.1, -0.05) is 59.6 Å². The fourth-order valence-corrected chi connectivity index (χ4v) is 5.00. The Kier molecular flexibility index (Phi) is 5.97. The summed E-state index contributed by atoms with van der Waals surface area (Å²) >= 11 is 17.8. The molecule has 5 nitrogen and oxygen atoms in total. The summed E-state index contributed by atoms with van der Waals surface area (Å²) < 4.78 is 2.10. The molecule has 0 bridgehead atoms. The number of rotatable bonds is 3. The number of aryl methyl sites for hydroxylation is 1. The summed E-state index contributed by atoms with van der Waals surface area (Å²) in [4.78, 5) is 27.4. The molecular formula is C27H19Cl2N3O2S. The Morgan fingerprint density at radius 2 is 1.66 bits per heavy atom. The highest BCUT2D eigenvalue weighted by atomic mass is 35.5. The average molecular weight is 520 g/mol.